The van der Waals surface area contributed by atoms with Crippen molar-refractivity contribution in [1.82, 2.24) is 0 Å². The molecule has 0 aliphatic heterocycles. The van der Waals surface area contributed by atoms with Gasteiger partial charge in [0.25, 0.3) is 0 Å². The molecule has 20 heavy (non-hydrogen) atoms. The fourth-order valence-electron chi connectivity index (χ4n) is 1.32. The molecule has 0 saturated heterocycles. The van der Waals surface area contributed by atoms with Crippen molar-refractivity contribution in [3.8, 4) is 0 Å². The molecule has 0 aliphatic carbocycles. The van der Waals surface area contributed by atoms with Crippen LogP contribution in [0.15, 0.2) is 60.7 Å². The second-order valence-electron chi connectivity index (χ2n) is 3.60. The molecule has 1 N–H and O–H groups in total. The summed E-state index contributed by atoms with van der Waals surface area (Å²) in [6, 6.07) is 17.1. The van der Waals surface area contributed by atoms with Crippen LogP contribution in [0.2, 0.25) is 0 Å². The van der Waals surface area contributed by atoms with Crippen LogP contribution in [0.5, 0.6) is 0 Å². The molecule has 0 spiro atoms. The van der Waals surface area contributed by atoms with Gasteiger partial charge in [-0.2, -0.15) is 5.26 Å². The standard InChI is InChI=1S/C8H8O2.C7H6O3/c1-10-8(9)7-5-3-2-4-6-7;8-7(10-9)6-4-2-1-3-5-6/h2-6H,1H3;1-5,9H. The Hall–Kier alpha value is -2.66. The molecule has 2 aromatic carbocycles. The first kappa shape index (κ1) is 15.4. The van der Waals surface area contributed by atoms with E-state index in [1.54, 1.807) is 54.6 Å². The molecule has 0 atom stereocenters. The highest BCUT2D eigenvalue weighted by atomic mass is 17.1. The fourth-order valence-corrected chi connectivity index (χ4v) is 1.32. The van der Waals surface area contributed by atoms with Gasteiger partial charge in [-0.05, 0) is 24.3 Å². The van der Waals surface area contributed by atoms with Crippen LogP contribution in [0, 0.1) is 0 Å². The third-order valence-corrected chi connectivity index (χ3v) is 2.29. The Labute approximate surface area is 116 Å². The molecular weight excluding hydrogens is 260 g/mol. The van der Waals surface area contributed by atoms with Gasteiger partial charge in [0.05, 0.1) is 18.2 Å². The molecule has 0 heterocycles. The molecule has 5 nitrogen and oxygen atoms in total. The first-order valence-corrected chi connectivity index (χ1v) is 5.73. The van der Waals surface area contributed by atoms with Gasteiger partial charge in [-0.3, -0.25) is 4.89 Å². The Morgan fingerprint density at radius 1 is 0.800 bits per heavy atom. The van der Waals surface area contributed by atoms with E-state index in [9.17, 15) is 9.59 Å². The molecule has 5 heteroatoms. The monoisotopic (exact) mass is 274 g/mol. The first-order valence-electron chi connectivity index (χ1n) is 5.73. The largest absolute Gasteiger partial charge is 0.465 e. The molecule has 0 radical (unpaired) electrons. The highest BCUT2D eigenvalue weighted by Crippen LogP contribution is 1.99. The van der Waals surface area contributed by atoms with E-state index >= 15 is 0 Å². The zero-order valence-corrected chi connectivity index (χ0v) is 10.9. The minimum atomic E-state index is -0.736. The summed E-state index contributed by atoms with van der Waals surface area (Å²) in [5.41, 5.74) is 0.926. The van der Waals surface area contributed by atoms with Gasteiger partial charge in [-0.1, -0.05) is 36.4 Å². The van der Waals surface area contributed by atoms with E-state index < -0.39 is 5.97 Å². The smallest absolute Gasteiger partial charge is 0.372 e. The van der Waals surface area contributed by atoms with Crippen molar-refractivity contribution in [2.75, 3.05) is 7.11 Å². The molecule has 0 saturated carbocycles. The summed E-state index contributed by atoms with van der Waals surface area (Å²) in [7, 11) is 1.37. The highest BCUT2D eigenvalue weighted by molar-refractivity contribution is 5.89. The van der Waals surface area contributed by atoms with Crippen LogP contribution >= 0.6 is 0 Å². The lowest BCUT2D eigenvalue weighted by atomic mass is 10.2. The molecule has 2 rings (SSSR count). The number of benzene rings is 2. The Morgan fingerprint density at radius 2 is 1.20 bits per heavy atom. The SMILES string of the molecule is COC(=O)c1ccccc1.O=C(OO)c1ccccc1. The summed E-state index contributed by atoms with van der Waals surface area (Å²) in [5.74, 6) is -1.03. The van der Waals surface area contributed by atoms with Crippen LogP contribution in [-0.4, -0.2) is 24.3 Å². The second-order valence-corrected chi connectivity index (χ2v) is 3.60. The van der Waals surface area contributed by atoms with Crippen molar-refractivity contribution in [2.24, 2.45) is 0 Å². The van der Waals surface area contributed by atoms with E-state index in [1.165, 1.54) is 7.11 Å². The van der Waals surface area contributed by atoms with Crippen molar-refractivity contribution >= 4 is 11.9 Å². The summed E-state index contributed by atoms with van der Waals surface area (Å²) in [4.78, 5) is 24.8. The van der Waals surface area contributed by atoms with Gasteiger partial charge >= 0.3 is 11.9 Å². The molecule has 0 bridgehead atoms. The number of carbonyl (C=O) groups is 2. The number of ether oxygens (including phenoxy) is 1. The Kier molecular flexibility index (Phi) is 6.50. The van der Waals surface area contributed by atoms with E-state index in [4.69, 9.17) is 5.26 Å². The van der Waals surface area contributed by atoms with Crippen LogP contribution in [-0.2, 0) is 9.62 Å². The topological polar surface area (TPSA) is 72.8 Å². The van der Waals surface area contributed by atoms with E-state index in [2.05, 4.69) is 9.62 Å². The van der Waals surface area contributed by atoms with Gasteiger partial charge in [0, 0.05) is 0 Å². The van der Waals surface area contributed by atoms with Gasteiger partial charge in [-0.15, -0.1) is 0 Å². The third kappa shape index (κ3) is 4.91. The number of rotatable bonds is 2. The van der Waals surface area contributed by atoms with E-state index in [-0.39, 0.29) is 5.97 Å². The van der Waals surface area contributed by atoms with E-state index in [0.29, 0.717) is 11.1 Å². The Bertz CT molecular complexity index is 485. The van der Waals surface area contributed by atoms with E-state index in [1.807, 2.05) is 6.07 Å². The lowest BCUT2D eigenvalue weighted by Crippen LogP contribution is -2.00. The molecule has 0 aromatic heterocycles. The molecule has 104 valence electrons. The summed E-state index contributed by atoms with van der Waals surface area (Å²) < 4.78 is 4.50. The van der Waals surface area contributed by atoms with Crippen molar-refractivity contribution in [2.45, 2.75) is 0 Å². The highest BCUT2D eigenvalue weighted by Gasteiger charge is 2.03. The normalized spacial score (nSPS) is 8.90. The van der Waals surface area contributed by atoms with Crippen molar-refractivity contribution < 1.29 is 24.5 Å². The quantitative estimate of drug-likeness (QED) is 0.518. The van der Waals surface area contributed by atoms with Crippen LogP contribution in [0.1, 0.15) is 20.7 Å². The number of carbonyl (C=O) groups excluding carboxylic acids is 2. The van der Waals surface area contributed by atoms with Crippen LogP contribution < -0.4 is 0 Å². The zero-order chi connectivity index (χ0) is 14.8. The third-order valence-electron chi connectivity index (χ3n) is 2.29. The number of methoxy groups -OCH3 is 1. The van der Waals surface area contributed by atoms with Gasteiger partial charge in [-0.25, -0.2) is 9.59 Å². The van der Waals surface area contributed by atoms with Gasteiger partial charge in [0.2, 0.25) is 0 Å². The van der Waals surface area contributed by atoms with Crippen LogP contribution in [0.25, 0.3) is 0 Å². The van der Waals surface area contributed by atoms with Crippen molar-refractivity contribution in [3.63, 3.8) is 0 Å². The molecule has 0 unspecified atom stereocenters. The van der Waals surface area contributed by atoms with Gasteiger partial charge in [0.1, 0.15) is 0 Å². The average Bonchev–Trinajstić information content (AvgIpc) is 2.55. The van der Waals surface area contributed by atoms with Crippen molar-refractivity contribution in [1.29, 1.82) is 0 Å². The molecule has 2 aromatic rings. The van der Waals surface area contributed by atoms with Gasteiger partial charge in [0.15, 0.2) is 0 Å². The molecular formula is C15H14O5. The molecule has 0 fully saturated rings. The predicted octanol–water partition coefficient (Wildman–Crippen LogP) is 2.79. The predicted molar refractivity (Wildman–Crippen MR) is 72.3 cm³/mol. The maximum atomic E-state index is 10.8. The number of esters is 1. The summed E-state index contributed by atoms with van der Waals surface area (Å²) >= 11 is 0. The molecule has 0 amide bonds. The van der Waals surface area contributed by atoms with E-state index in [0.717, 1.165) is 0 Å². The lowest BCUT2D eigenvalue weighted by Gasteiger charge is -1.95. The first-order chi connectivity index (χ1) is 9.69. The van der Waals surface area contributed by atoms with Crippen LogP contribution in [0.3, 0.4) is 0 Å². The minimum absolute atomic E-state index is 0.291. The fraction of sp³-hybridized carbons (Fsp3) is 0.0667. The second kappa shape index (κ2) is 8.44. The molecule has 0 aliphatic rings. The lowest BCUT2D eigenvalue weighted by molar-refractivity contribution is -0.182. The van der Waals surface area contributed by atoms with Crippen LogP contribution in [0.4, 0.5) is 0 Å². The maximum Gasteiger partial charge on any atom is 0.372 e. The summed E-state index contributed by atoms with van der Waals surface area (Å²) in [5, 5.41) is 7.94. The summed E-state index contributed by atoms with van der Waals surface area (Å²) in [6.07, 6.45) is 0. The Morgan fingerprint density at radius 3 is 1.55 bits per heavy atom. The number of hydrogen-bond acceptors (Lipinski definition) is 5. The van der Waals surface area contributed by atoms with Crippen molar-refractivity contribution in [3.05, 3.63) is 71.8 Å². The number of hydrogen-bond donors (Lipinski definition) is 1. The average molecular weight is 274 g/mol. The summed E-state index contributed by atoms with van der Waals surface area (Å²) in [6.45, 7) is 0. The Balaban J connectivity index is 0.000000200. The maximum absolute atomic E-state index is 10.8. The zero-order valence-electron chi connectivity index (χ0n) is 10.9. The minimum Gasteiger partial charge on any atom is -0.465 e. The van der Waals surface area contributed by atoms with Gasteiger partial charge < -0.3 is 4.74 Å².